The Labute approximate surface area is 246 Å². The molecule has 2 saturated heterocycles. The first-order valence-corrected chi connectivity index (χ1v) is 15.9. The Morgan fingerprint density at radius 1 is 0.875 bits per heavy atom. The molecule has 0 saturated carbocycles. The molecular formula is C33H64N2O5. The standard InChI is InChI=1S/C33H64N2O5/c1-13-33(11,14-2)18-16-15-17-28(37)40-27-21-29(3,4)34(30(5,6)22-27)23-25(36)24-39-26-19-31(7,8)35(38-12)32(9,10)20-26/h25-27,36H,13-24H2,1-12H3. The van der Waals surface area contributed by atoms with Crippen LogP contribution >= 0.6 is 0 Å². The van der Waals surface area contributed by atoms with Crippen molar-refractivity contribution in [3.8, 4) is 0 Å². The fourth-order valence-electron chi connectivity index (χ4n) is 7.77. The third-order valence-corrected chi connectivity index (χ3v) is 9.99. The minimum atomic E-state index is -0.596. The lowest BCUT2D eigenvalue weighted by Crippen LogP contribution is -2.64. The van der Waals surface area contributed by atoms with Crippen LogP contribution in [0.15, 0.2) is 0 Å². The molecule has 1 unspecified atom stereocenters. The lowest BCUT2D eigenvalue weighted by atomic mass is 9.77. The second-order valence-corrected chi connectivity index (χ2v) is 15.6. The molecule has 0 aromatic heterocycles. The topological polar surface area (TPSA) is 71.5 Å². The van der Waals surface area contributed by atoms with Crippen LogP contribution in [-0.2, 0) is 19.1 Å². The number of hydroxylamine groups is 2. The van der Waals surface area contributed by atoms with Crippen LogP contribution in [0.1, 0.15) is 140 Å². The highest BCUT2D eigenvalue weighted by Crippen LogP contribution is 2.41. The lowest BCUT2D eigenvalue weighted by molar-refractivity contribution is -0.281. The highest BCUT2D eigenvalue weighted by molar-refractivity contribution is 5.69. The Kier molecular flexibility index (Phi) is 12.2. The summed E-state index contributed by atoms with van der Waals surface area (Å²) in [6, 6.07) is 0. The van der Waals surface area contributed by atoms with E-state index < -0.39 is 6.10 Å². The zero-order chi connectivity index (χ0) is 30.6. The first kappa shape index (κ1) is 35.5. The lowest BCUT2D eigenvalue weighted by Gasteiger charge is -2.55. The molecule has 236 valence electrons. The highest BCUT2D eigenvalue weighted by atomic mass is 16.7. The van der Waals surface area contributed by atoms with Crippen molar-refractivity contribution in [1.82, 2.24) is 9.96 Å². The minimum Gasteiger partial charge on any atom is -0.462 e. The summed E-state index contributed by atoms with van der Waals surface area (Å²) in [6.07, 6.45) is 8.58. The fraction of sp³-hybridized carbons (Fsp3) is 0.970. The third-order valence-electron chi connectivity index (χ3n) is 9.99. The quantitative estimate of drug-likeness (QED) is 0.181. The van der Waals surface area contributed by atoms with Gasteiger partial charge in [0.25, 0.3) is 0 Å². The molecule has 2 aliphatic heterocycles. The predicted molar refractivity (Wildman–Crippen MR) is 163 cm³/mol. The molecule has 1 atom stereocenters. The van der Waals surface area contributed by atoms with E-state index in [1.165, 1.54) is 19.3 Å². The van der Waals surface area contributed by atoms with Gasteiger partial charge in [-0.05, 0) is 86.5 Å². The van der Waals surface area contributed by atoms with E-state index >= 15 is 0 Å². The van der Waals surface area contributed by atoms with Crippen LogP contribution in [0.5, 0.6) is 0 Å². The molecule has 0 bridgehead atoms. The first-order valence-electron chi connectivity index (χ1n) is 15.9. The first-order chi connectivity index (χ1) is 18.3. The van der Waals surface area contributed by atoms with E-state index in [-0.39, 0.29) is 40.3 Å². The Morgan fingerprint density at radius 2 is 1.38 bits per heavy atom. The number of hydrogen-bond acceptors (Lipinski definition) is 7. The van der Waals surface area contributed by atoms with Crippen LogP contribution in [0.4, 0.5) is 0 Å². The van der Waals surface area contributed by atoms with Gasteiger partial charge in [-0.15, -0.1) is 0 Å². The fourth-order valence-corrected chi connectivity index (χ4v) is 7.77. The zero-order valence-electron chi connectivity index (χ0n) is 28.2. The number of ether oxygens (including phenoxy) is 2. The molecule has 7 heteroatoms. The number of carbonyl (C=O) groups is 1. The van der Waals surface area contributed by atoms with E-state index in [9.17, 15) is 9.90 Å². The molecule has 1 N–H and O–H groups in total. The van der Waals surface area contributed by atoms with Crippen LogP contribution in [0, 0.1) is 5.41 Å². The van der Waals surface area contributed by atoms with Gasteiger partial charge in [0.1, 0.15) is 6.10 Å². The molecule has 7 nitrogen and oxygen atoms in total. The summed E-state index contributed by atoms with van der Waals surface area (Å²) in [5.41, 5.74) is -0.353. The van der Waals surface area contributed by atoms with Gasteiger partial charge >= 0.3 is 5.97 Å². The van der Waals surface area contributed by atoms with E-state index in [2.05, 4.69) is 86.1 Å². The maximum atomic E-state index is 12.7. The number of likely N-dealkylation sites (tertiary alicyclic amines) is 1. The summed E-state index contributed by atoms with van der Waals surface area (Å²) in [5.74, 6) is -0.0708. The van der Waals surface area contributed by atoms with Crippen molar-refractivity contribution in [2.24, 2.45) is 5.41 Å². The number of nitrogens with zero attached hydrogens (tertiary/aromatic N) is 2. The molecule has 40 heavy (non-hydrogen) atoms. The molecule has 0 aromatic carbocycles. The van der Waals surface area contributed by atoms with Gasteiger partial charge < -0.3 is 19.4 Å². The van der Waals surface area contributed by atoms with Gasteiger partial charge in [-0.25, -0.2) is 0 Å². The Morgan fingerprint density at radius 3 is 1.85 bits per heavy atom. The third kappa shape index (κ3) is 9.39. The van der Waals surface area contributed by atoms with Crippen molar-refractivity contribution < 1.29 is 24.2 Å². The summed E-state index contributed by atoms with van der Waals surface area (Å²) in [4.78, 5) is 20.8. The average Bonchev–Trinajstić information content (AvgIpc) is 2.81. The number of carbonyl (C=O) groups excluding carboxylic acids is 1. The Bertz CT molecular complexity index is 769. The second-order valence-electron chi connectivity index (χ2n) is 15.6. The van der Waals surface area contributed by atoms with Crippen LogP contribution in [0.3, 0.4) is 0 Å². The predicted octanol–water partition coefficient (Wildman–Crippen LogP) is 6.90. The van der Waals surface area contributed by atoms with E-state index in [0.29, 0.717) is 25.0 Å². The number of unbranched alkanes of at least 4 members (excludes halogenated alkanes) is 1. The molecule has 0 aromatic rings. The summed E-state index contributed by atoms with van der Waals surface area (Å²) < 4.78 is 12.3. The van der Waals surface area contributed by atoms with E-state index in [1.54, 1.807) is 7.11 Å². The van der Waals surface area contributed by atoms with Crippen molar-refractivity contribution in [1.29, 1.82) is 0 Å². The van der Waals surface area contributed by atoms with E-state index in [4.69, 9.17) is 14.3 Å². The number of rotatable bonds is 14. The van der Waals surface area contributed by atoms with Crippen molar-refractivity contribution in [2.45, 2.75) is 181 Å². The monoisotopic (exact) mass is 568 g/mol. The molecule has 2 aliphatic rings. The molecular weight excluding hydrogens is 504 g/mol. The zero-order valence-corrected chi connectivity index (χ0v) is 28.2. The van der Waals surface area contributed by atoms with Crippen LogP contribution in [0.25, 0.3) is 0 Å². The summed E-state index contributed by atoms with van der Waals surface area (Å²) >= 11 is 0. The average molecular weight is 569 g/mol. The van der Waals surface area contributed by atoms with Crippen molar-refractivity contribution in [3.05, 3.63) is 0 Å². The maximum absolute atomic E-state index is 12.7. The van der Waals surface area contributed by atoms with E-state index in [0.717, 1.165) is 38.5 Å². The molecule has 2 fully saturated rings. The molecule has 0 radical (unpaired) electrons. The van der Waals surface area contributed by atoms with E-state index in [1.807, 2.05) is 0 Å². The van der Waals surface area contributed by atoms with Gasteiger partial charge in [-0.3, -0.25) is 9.69 Å². The number of aliphatic hydroxyl groups is 1. The number of piperidine rings is 2. The smallest absolute Gasteiger partial charge is 0.306 e. The molecule has 2 rings (SSSR count). The van der Waals surface area contributed by atoms with Crippen molar-refractivity contribution >= 4 is 5.97 Å². The summed E-state index contributed by atoms with van der Waals surface area (Å²) in [5, 5.41) is 13.2. The summed E-state index contributed by atoms with van der Waals surface area (Å²) in [6.45, 7) is 25.2. The molecule has 0 aliphatic carbocycles. The second kappa shape index (κ2) is 13.7. The number of aliphatic hydroxyl groups excluding tert-OH is 1. The van der Waals surface area contributed by atoms with Gasteiger partial charge in [0.15, 0.2) is 0 Å². The number of esters is 1. The van der Waals surface area contributed by atoms with Gasteiger partial charge in [-0.1, -0.05) is 40.0 Å². The van der Waals surface area contributed by atoms with Gasteiger partial charge in [0.05, 0.1) is 25.9 Å². The molecule has 0 spiro atoms. The number of β-amino-alcohol motifs (C(OH)–C–C–N with tert-alkyl or cyclic N) is 1. The van der Waals surface area contributed by atoms with Crippen molar-refractivity contribution in [3.63, 3.8) is 0 Å². The Balaban J connectivity index is 1.88. The molecule has 0 amide bonds. The highest BCUT2D eigenvalue weighted by Gasteiger charge is 2.48. The normalized spacial score (nSPS) is 24.6. The SMILES string of the molecule is CCC(C)(CC)CCCCC(=O)OC1CC(C)(C)N(CC(O)COC2CC(C)(C)N(OC)C(C)(C)C2)C(C)(C)C1. The van der Waals surface area contributed by atoms with Gasteiger partial charge in [0.2, 0.25) is 0 Å². The summed E-state index contributed by atoms with van der Waals surface area (Å²) in [7, 11) is 1.73. The minimum absolute atomic E-state index is 0.0647. The van der Waals surface area contributed by atoms with Crippen LogP contribution in [-0.4, -0.2) is 81.8 Å². The van der Waals surface area contributed by atoms with Crippen LogP contribution < -0.4 is 0 Å². The Hall–Kier alpha value is -0.730. The van der Waals surface area contributed by atoms with Gasteiger partial charge in [-0.2, -0.15) is 5.06 Å². The molecule has 2 heterocycles. The van der Waals surface area contributed by atoms with Crippen molar-refractivity contribution in [2.75, 3.05) is 20.3 Å². The maximum Gasteiger partial charge on any atom is 0.306 e. The number of hydrogen-bond donors (Lipinski definition) is 1. The van der Waals surface area contributed by atoms with Gasteiger partial charge in [0, 0.05) is 48.0 Å². The largest absolute Gasteiger partial charge is 0.462 e. The van der Waals surface area contributed by atoms with Crippen LogP contribution in [0.2, 0.25) is 0 Å².